The van der Waals surface area contributed by atoms with Crippen LogP contribution in [0.4, 0.5) is 0 Å². The van der Waals surface area contributed by atoms with Gasteiger partial charge in [-0.2, -0.15) is 0 Å². The molecule has 0 fully saturated rings. The van der Waals surface area contributed by atoms with E-state index in [-0.39, 0.29) is 19.3 Å². The van der Waals surface area contributed by atoms with Crippen LogP contribution in [0.5, 0.6) is 0 Å². The fourth-order valence-electron chi connectivity index (χ4n) is 0.488. The molecule has 4 heteroatoms. The van der Waals surface area contributed by atoms with E-state index in [1.54, 1.807) is 14.0 Å². The second kappa shape index (κ2) is 15.3. The van der Waals surface area contributed by atoms with Crippen LogP contribution in [0, 0.1) is 0 Å². The lowest BCUT2D eigenvalue weighted by molar-refractivity contribution is 0.0623. The van der Waals surface area contributed by atoms with Crippen LogP contribution in [-0.2, 0) is 9.47 Å². The number of ether oxygens (including phenoxy) is 2. The largest absolute Gasteiger partial charge is 0.394 e. The maximum atomic E-state index is 8.24. The van der Waals surface area contributed by atoms with Gasteiger partial charge in [0.15, 0.2) is 0 Å². The van der Waals surface area contributed by atoms with E-state index in [1.165, 1.54) is 0 Å². The lowest BCUT2D eigenvalue weighted by atomic mass is 10.4. The van der Waals surface area contributed by atoms with Gasteiger partial charge in [0.2, 0.25) is 0 Å². The van der Waals surface area contributed by atoms with Crippen molar-refractivity contribution in [3.63, 3.8) is 0 Å². The third-order valence-electron chi connectivity index (χ3n) is 1.54. The number of hydrogen-bond acceptors (Lipinski definition) is 4. The fraction of sp³-hybridized carbons (Fsp3) is 1.00. The summed E-state index contributed by atoms with van der Waals surface area (Å²) in [4.78, 5) is 0. The minimum atomic E-state index is -0.00926. The molecule has 88 valence electrons. The molecule has 0 aliphatic carbocycles. The first kappa shape index (κ1) is 16.3. The Morgan fingerprint density at radius 1 is 1.21 bits per heavy atom. The van der Waals surface area contributed by atoms with Crippen LogP contribution in [0.25, 0.3) is 0 Å². The van der Waals surface area contributed by atoms with Crippen molar-refractivity contribution in [1.29, 1.82) is 0 Å². The van der Waals surface area contributed by atoms with Crippen molar-refractivity contribution in [2.24, 2.45) is 0 Å². The summed E-state index contributed by atoms with van der Waals surface area (Å²) in [5.74, 6) is 0. The number of unbranched alkanes of at least 4 members (excludes halogenated alkanes) is 1. The van der Waals surface area contributed by atoms with E-state index in [0.717, 1.165) is 19.4 Å². The molecule has 1 unspecified atom stereocenters. The zero-order valence-electron chi connectivity index (χ0n) is 9.53. The molecular weight excluding hydrogens is 184 g/mol. The normalized spacial score (nSPS) is 11.8. The molecule has 0 rings (SSSR count). The molecule has 0 aromatic rings. The van der Waals surface area contributed by atoms with E-state index >= 15 is 0 Å². The summed E-state index contributed by atoms with van der Waals surface area (Å²) >= 11 is 0. The van der Waals surface area contributed by atoms with Gasteiger partial charge in [-0.1, -0.05) is 13.3 Å². The summed E-state index contributed by atoms with van der Waals surface area (Å²) in [7, 11) is 1.57. The minimum Gasteiger partial charge on any atom is -0.394 e. The Balaban J connectivity index is 0. The second-order valence-electron chi connectivity index (χ2n) is 2.92. The average molecular weight is 208 g/mol. The smallest absolute Gasteiger partial charge is 0.0773 e. The summed E-state index contributed by atoms with van der Waals surface area (Å²) in [6.45, 7) is 5.44. The van der Waals surface area contributed by atoms with Crippen LogP contribution >= 0.6 is 0 Å². The van der Waals surface area contributed by atoms with Gasteiger partial charge in [-0.25, -0.2) is 0 Å². The van der Waals surface area contributed by atoms with Crippen LogP contribution in [0.1, 0.15) is 26.7 Å². The van der Waals surface area contributed by atoms with E-state index in [9.17, 15) is 0 Å². The number of aliphatic hydroxyl groups excluding tert-OH is 2. The van der Waals surface area contributed by atoms with Gasteiger partial charge in [0.05, 0.1) is 25.9 Å². The van der Waals surface area contributed by atoms with Gasteiger partial charge in [0.25, 0.3) is 0 Å². The predicted molar refractivity (Wildman–Crippen MR) is 56.4 cm³/mol. The summed E-state index contributed by atoms with van der Waals surface area (Å²) in [6, 6.07) is 0. The lowest BCUT2D eigenvalue weighted by Crippen LogP contribution is -2.08. The summed E-state index contributed by atoms with van der Waals surface area (Å²) in [6.07, 6.45) is 2.25. The first-order valence-electron chi connectivity index (χ1n) is 5.05. The second-order valence-corrected chi connectivity index (χ2v) is 2.92. The van der Waals surface area contributed by atoms with Crippen LogP contribution in [0.3, 0.4) is 0 Å². The van der Waals surface area contributed by atoms with Gasteiger partial charge in [0.1, 0.15) is 0 Å². The molecule has 0 amide bonds. The highest BCUT2D eigenvalue weighted by atomic mass is 16.5. The quantitative estimate of drug-likeness (QED) is 0.608. The molecular formula is C10H24O4. The summed E-state index contributed by atoms with van der Waals surface area (Å²) in [5, 5.41) is 16.5. The average Bonchev–Trinajstić information content (AvgIpc) is 2.24. The Morgan fingerprint density at radius 2 is 1.86 bits per heavy atom. The van der Waals surface area contributed by atoms with Crippen molar-refractivity contribution in [3.8, 4) is 0 Å². The first-order valence-corrected chi connectivity index (χ1v) is 5.05. The Bertz CT molecular complexity index is 78.2. The van der Waals surface area contributed by atoms with E-state index in [4.69, 9.17) is 14.9 Å². The number of aliphatic hydroxyl groups is 2. The van der Waals surface area contributed by atoms with E-state index in [2.05, 4.69) is 11.7 Å². The van der Waals surface area contributed by atoms with Crippen molar-refractivity contribution >= 4 is 0 Å². The maximum Gasteiger partial charge on any atom is 0.0773 e. The molecule has 0 radical (unpaired) electrons. The van der Waals surface area contributed by atoms with Crippen LogP contribution in [0.2, 0.25) is 0 Å². The SMILES string of the molecule is CCCCOCCO.COC(C)CO. The van der Waals surface area contributed by atoms with Gasteiger partial charge >= 0.3 is 0 Å². The molecule has 0 aliphatic heterocycles. The molecule has 1 atom stereocenters. The van der Waals surface area contributed by atoms with Crippen molar-refractivity contribution in [2.75, 3.05) is 33.5 Å². The van der Waals surface area contributed by atoms with Gasteiger partial charge in [0, 0.05) is 13.7 Å². The van der Waals surface area contributed by atoms with Crippen molar-refractivity contribution < 1.29 is 19.7 Å². The zero-order chi connectivity index (χ0) is 11.2. The molecule has 0 bridgehead atoms. The van der Waals surface area contributed by atoms with Gasteiger partial charge in [-0.3, -0.25) is 0 Å². The first-order chi connectivity index (χ1) is 6.72. The van der Waals surface area contributed by atoms with E-state index in [0.29, 0.717) is 6.61 Å². The van der Waals surface area contributed by atoms with Crippen LogP contribution in [-0.4, -0.2) is 49.9 Å². The Kier molecular flexibility index (Phi) is 17.8. The van der Waals surface area contributed by atoms with E-state index in [1.807, 2.05) is 0 Å². The predicted octanol–water partition coefficient (Wildman–Crippen LogP) is 0.809. The number of hydrogen-bond donors (Lipinski definition) is 2. The molecule has 0 aromatic carbocycles. The molecule has 0 saturated heterocycles. The molecule has 0 aromatic heterocycles. The summed E-state index contributed by atoms with van der Waals surface area (Å²) < 4.78 is 9.62. The highest BCUT2D eigenvalue weighted by Gasteiger charge is 1.90. The zero-order valence-corrected chi connectivity index (χ0v) is 9.53. The third-order valence-corrected chi connectivity index (χ3v) is 1.54. The third kappa shape index (κ3) is 17.8. The molecule has 14 heavy (non-hydrogen) atoms. The highest BCUT2D eigenvalue weighted by molar-refractivity contribution is 4.38. The van der Waals surface area contributed by atoms with Crippen molar-refractivity contribution in [2.45, 2.75) is 32.8 Å². The van der Waals surface area contributed by atoms with Crippen molar-refractivity contribution in [3.05, 3.63) is 0 Å². The maximum absolute atomic E-state index is 8.24. The number of methoxy groups -OCH3 is 1. The lowest BCUT2D eigenvalue weighted by Gasteiger charge is -2.00. The topological polar surface area (TPSA) is 58.9 Å². The molecule has 2 N–H and O–H groups in total. The minimum absolute atomic E-state index is 0.00926. The van der Waals surface area contributed by atoms with Gasteiger partial charge < -0.3 is 19.7 Å². The van der Waals surface area contributed by atoms with Gasteiger partial charge in [-0.15, -0.1) is 0 Å². The highest BCUT2D eigenvalue weighted by Crippen LogP contribution is 1.85. The monoisotopic (exact) mass is 208 g/mol. The number of rotatable bonds is 7. The Morgan fingerprint density at radius 3 is 2.14 bits per heavy atom. The molecule has 0 aliphatic rings. The molecule has 0 spiro atoms. The molecule has 4 nitrogen and oxygen atoms in total. The molecule has 0 heterocycles. The van der Waals surface area contributed by atoms with Crippen molar-refractivity contribution in [1.82, 2.24) is 0 Å². The standard InChI is InChI=1S/C6H14O2.C4H10O2/c1-2-3-5-8-6-4-7;1-4(3-5)6-2/h7H,2-6H2,1H3;4-5H,3H2,1-2H3. The Hall–Kier alpha value is -0.160. The van der Waals surface area contributed by atoms with Crippen LogP contribution in [0.15, 0.2) is 0 Å². The van der Waals surface area contributed by atoms with Gasteiger partial charge in [-0.05, 0) is 13.3 Å². The Labute approximate surface area is 86.8 Å². The van der Waals surface area contributed by atoms with E-state index < -0.39 is 0 Å². The fourth-order valence-corrected chi connectivity index (χ4v) is 0.488. The summed E-state index contributed by atoms with van der Waals surface area (Å²) in [5.41, 5.74) is 0. The molecule has 0 saturated carbocycles. The van der Waals surface area contributed by atoms with Crippen LogP contribution < -0.4 is 0 Å².